The molecule has 3 aromatic carbocycles. The fourth-order valence-electron chi connectivity index (χ4n) is 3.45. The van der Waals surface area contributed by atoms with Crippen LogP contribution >= 0.6 is 0 Å². The topological polar surface area (TPSA) is 34.9 Å². The maximum atomic E-state index is 12.4. The van der Waals surface area contributed by atoms with Crippen LogP contribution < -0.4 is 5.56 Å². The van der Waals surface area contributed by atoms with Gasteiger partial charge in [0.2, 0.25) is 0 Å². The lowest BCUT2D eigenvalue weighted by Gasteiger charge is -2.08. The van der Waals surface area contributed by atoms with Gasteiger partial charge < -0.3 is 4.57 Å². The van der Waals surface area contributed by atoms with Crippen molar-refractivity contribution in [3.63, 3.8) is 0 Å². The Morgan fingerprint density at radius 3 is 2.55 bits per heavy atom. The fourth-order valence-corrected chi connectivity index (χ4v) is 3.45. The third-order valence-electron chi connectivity index (χ3n) is 4.46. The van der Waals surface area contributed by atoms with E-state index in [0.29, 0.717) is 5.39 Å². The number of benzene rings is 3. The van der Waals surface area contributed by atoms with Gasteiger partial charge in [-0.25, -0.2) is 0 Å². The zero-order valence-corrected chi connectivity index (χ0v) is 11.8. The molecule has 0 bridgehead atoms. The first-order valence-corrected chi connectivity index (χ1v) is 7.33. The first kappa shape index (κ1) is 11.7. The van der Waals surface area contributed by atoms with Crippen molar-refractivity contribution in [3.05, 3.63) is 76.6 Å². The molecular weight excluding hydrogens is 272 g/mol. The molecule has 2 heterocycles. The van der Waals surface area contributed by atoms with Crippen molar-refractivity contribution in [1.29, 1.82) is 0 Å². The van der Waals surface area contributed by atoms with E-state index in [1.165, 1.54) is 10.9 Å². The normalized spacial score (nSPS) is 12.5. The molecule has 104 valence electrons. The maximum absolute atomic E-state index is 12.4. The molecule has 0 amide bonds. The van der Waals surface area contributed by atoms with Gasteiger partial charge in [0, 0.05) is 5.56 Å². The highest BCUT2D eigenvalue weighted by Gasteiger charge is 2.23. The highest BCUT2D eigenvalue weighted by atomic mass is 16.1. The molecule has 1 aliphatic rings. The zero-order chi connectivity index (χ0) is 14.7. The maximum Gasteiger partial charge on any atom is 0.281 e. The Labute approximate surface area is 126 Å². The Bertz CT molecular complexity index is 1130. The quantitative estimate of drug-likeness (QED) is 0.435. The number of hydrogen-bond donors (Lipinski definition) is 0. The van der Waals surface area contributed by atoms with Gasteiger partial charge in [0.1, 0.15) is 5.82 Å². The van der Waals surface area contributed by atoms with E-state index in [0.717, 1.165) is 28.8 Å². The summed E-state index contributed by atoms with van der Waals surface area (Å²) < 4.78 is 2.15. The van der Waals surface area contributed by atoms with Gasteiger partial charge in [-0.2, -0.15) is 4.98 Å². The van der Waals surface area contributed by atoms with Gasteiger partial charge in [0.15, 0.2) is 0 Å². The van der Waals surface area contributed by atoms with Crippen molar-refractivity contribution in [2.75, 3.05) is 0 Å². The van der Waals surface area contributed by atoms with Crippen molar-refractivity contribution in [2.24, 2.45) is 0 Å². The molecule has 0 aliphatic carbocycles. The SMILES string of the molecule is O=c1nc2n(c3ccccc13)Cc1ccc3ccccc3c1-2. The van der Waals surface area contributed by atoms with Gasteiger partial charge >= 0.3 is 0 Å². The van der Waals surface area contributed by atoms with Crippen molar-refractivity contribution in [2.45, 2.75) is 6.54 Å². The number of aromatic nitrogens is 2. The van der Waals surface area contributed by atoms with Crippen molar-refractivity contribution in [3.8, 4) is 11.4 Å². The Balaban J connectivity index is 1.98. The molecule has 0 radical (unpaired) electrons. The summed E-state index contributed by atoms with van der Waals surface area (Å²) in [5, 5.41) is 3.02. The molecule has 0 atom stereocenters. The number of hydrogen-bond acceptors (Lipinski definition) is 2. The van der Waals surface area contributed by atoms with E-state index in [1.807, 2.05) is 36.4 Å². The number of para-hydroxylation sites is 1. The molecule has 0 fully saturated rings. The van der Waals surface area contributed by atoms with Crippen LogP contribution in [0.4, 0.5) is 0 Å². The molecule has 5 rings (SSSR count). The molecule has 1 aliphatic heterocycles. The van der Waals surface area contributed by atoms with E-state index in [4.69, 9.17) is 0 Å². The third kappa shape index (κ3) is 1.40. The fraction of sp³-hybridized carbons (Fsp3) is 0.0526. The number of fused-ring (bicyclic) bond motifs is 7. The minimum Gasteiger partial charge on any atom is -0.320 e. The summed E-state index contributed by atoms with van der Waals surface area (Å²) in [5.41, 5.74) is 3.13. The zero-order valence-electron chi connectivity index (χ0n) is 11.8. The lowest BCUT2D eigenvalue weighted by molar-refractivity contribution is 0.853. The average Bonchev–Trinajstić information content (AvgIpc) is 2.94. The smallest absolute Gasteiger partial charge is 0.281 e. The third-order valence-corrected chi connectivity index (χ3v) is 4.46. The van der Waals surface area contributed by atoms with E-state index in [9.17, 15) is 4.79 Å². The monoisotopic (exact) mass is 284 g/mol. The molecule has 4 aromatic rings. The van der Waals surface area contributed by atoms with E-state index in [1.54, 1.807) is 0 Å². The van der Waals surface area contributed by atoms with Crippen LogP contribution in [0.15, 0.2) is 65.5 Å². The summed E-state index contributed by atoms with van der Waals surface area (Å²) in [6.07, 6.45) is 0. The summed E-state index contributed by atoms with van der Waals surface area (Å²) in [7, 11) is 0. The minimum atomic E-state index is -0.150. The second-order valence-corrected chi connectivity index (χ2v) is 5.66. The summed E-state index contributed by atoms with van der Waals surface area (Å²) in [6.45, 7) is 0.767. The molecule has 3 heteroatoms. The van der Waals surface area contributed by atoms with Crippen LogP contribution in [-0.2, 0) is 6.54 Å². The highest BCUT2D eigenvalue weighted by molar-refractivity contribution is 5.99. The number of rotatable bonds is 0. The van der Waals surface area contributed by atoms with Crippen LogP contribution in [-0.4, -0.2) is 9.55 Å². The van der Waals surface area contributed by atoms with Crippen LogP contribution in [0.2, 0.25) is 0 Å². The van der Waals surface area contributed by atoms with Crippen LogP contribution in [0.1, 0.15) is 5.56 Å². The van der Waals surface area contributed by atoms with Gasteiger partial charge in [0.25, 0.3) is 5.56 Å². The number of nitrogens with zero attached hydrogens (tertiary/aromatic N) is 2. The lowest BCUT2D eigenvalue weighted by Crippen LogP contribution is -2.13. The molecule has 0 spiro atoms. The van der Waals surface area contributed by atoms with E-state index < -0.39 is 0 Å². The predicted molar refractivity (Wildman–Crippen MR) is 88.0 cm³/mol. The molecule has 0 N–H and O–H groups in total. The molecular formula is C19H12N2O. The Morgan fingerprint density at radius 1 is 0.864 bits per heavy atom. The van der Waals surface area contributed by atoms with Crippen molar-refractivity contribution >= 4 is 21.7 Å². The average molecular weight is 284 g/mol. The van der Waals surface area contributed by atoms with Crippen LogP contribution in [0.5, 0.6) is 0 Å². The second-order valence-electron chi connectivity index (χ2n) is 5.66. The predicted octanol–water partition coefficient (Wildman–Crippen LogP) is 3.58. The second kappa shape index (κ2) is 4.04. The van der Waals surface area contributed by atoms with E-state index >= 15 is 0 Å². The first-order valence-electron chi connectivity index (χ1n) is 7.33. The van der Waals surface area contributed by atoms with Crippen molar-refractivity contribution in [1.82, 2.24) is 9.55 Å². The Kier molecular flexibility index (Phi) is 2.15. The first-order chi connectivity index (χ1) is 10.8. The summed E-state index contributed by atoms with van der Waals surface area (Å²) >= 11 is 0. The molecule has 22 heavy (non-hydrogen) atoms. The largest absolute Gasteiger partial charge is 0.320 e. The lowest BCUT2D eigenvalue weighted by atomic mass is 10.0. The summed E-state index contributed by atoms with van der Waals surface area (Å²) in [5.74, 6) is 0.788. The summed E-state index contributed by atoms with van der Waals surface area (Å²) in [4.78, 5) is 16.7. The van der Waals surface area contributed by atoms with E-state index in [2.05, 4.69) is 33.8 Å². The van der Waals surface area contributed by atoms with Gasteiger partial charge in [-0.05, 0) is 28.5 Å². The molecule has 0 unspecified atom stereocenters. The summed E-state index contributed by atoms with van der Waals surface area (Å²) in [6, 6.07) is 20.2. The molecule has 3 nitrogen and oxygen atoms in total. The standard InChI is InChI=1S/C19H12N2O/c22-19-15-7-3-4-8-16(15)21-11-13-10-9-12-5-1-2-6-14(12)17(13)18(21)20-19/h1-10H,11H2. The molecule has 0 saturated carbocycles. The Hall–Kier alpha value is -2.94. The molecule has 0 saturated heterocycles. The highest BCUT2D eigenvalue weighted by Crippen LogP contribution is 2.37. The van der Waals surface area contributed by atoms with Crippen molar-refractivity contribution < 1.29 is 0 Å². The van der Waals surface area contributed by atoms with Crippen LogP contribution in [0, 0.1) is 0 Å². The Morgan fingerprint density at radius 2 is 1.64 bits per heavy atom. The van der Waals surface area contributed by atoms with Gasteiger partial charge in [-0.15, -0.1) is 0 Å². The van der Waals surface area contributed by atoms with Gasteiger partial charge in [0.05, 0.1) is 17.4 Å². The van der Waals surface area contributed by atoms with Crippen LogP contribution in [0.3, 0.4) is 0 Å². The van der Waals surface area contributed by atoms with Gasteiger partial charge in [-0.1, -0.05) is 48.5 Å². The minimum absolute atomic E-state index is 0.150. The van der Waals surface area contributed by atoms with E-state index in [-0.39, 0.29) is 5.56 Å². The molecule has 1 aromatic heterocycles. The van der Waals surface area contributed by atoms with Crippen LogP contribution in [0.25, 0.3) is 33.1 Å². The van der Waals surface area contributed by atoms with Gasteiger partial charge in [-0.3, -0.25) is 4.79 Å².